The molecule has 152 valence electrons. The minimum atomic E-state index is 0.0700. The second kappa shape index (κ2) is 9.65. The first-order valence-electron chi connectivity index (χ1n) is 9.33. The van der Waals surface area contributed by atoms with E-state index in [0.717, 1.165) is 16.8 Å². The van der Waals surface area contributed by atoms with Crippen LogP contribution in [0.2, 0.25) is 10.0 Å². The number of halogens is 2. The topological polar surface area (TPSA) is 51.0 Å². The molecule has 0 N–H and O–H groups in total. The molecule has 0 aliphatic rings. The second-order valence-corrected chi connectivity index (χ2v) is 8.22. The van der Waals surface area contributed by atoms with E-state index in [1.807, 2.05) is 55.7 Å². The van der Waals surface area contributed by atoms with Crippen LogP contribution in [0.3, 0.4) is 0 Å². The van der Waals surface area contributed by atoms with Gasteiger partial charge in [-0.2, -0.15) is 0 Å². The first kappa shape index (κ1) is 21.7. The largest absolute Gasteiger partial charge is 0.343 e. The van der Waals surface area contributed by atoms with Crippen molar-refractivity contribution in [1.82, 2.24) is 19.7 Å². The second-order valence-electron chi connectivity index (χ2n) is 6.46. The van der Waals surface area contributed by atoms with Crippen molar-refractivity contribution in [2.24, 2.45) is 0 Å². The van der Waals surface area contributed by atoms with Gasteiger partial charge < -0.3 is 4.90 Å². The number of thioether (sulfide) groups is 1. The maximum atomic E-state index is 12.4. The number of carbonyl (C=O) groups excluding carboxylic acids is 1. The van der Waals surface area contributed by atoms with Gasteiger partial charge in [-0.1, -0.05) is 64.8 Å². The molecule has 29 heavy (non-hydrogen) atoms. The van der Waals surface area contributed by atoms with Crippen LogP contribution in [0.1, 0.15) is 19.4 Å². The molecule has 0 radical (unpaired) electrons. The van der Waals surface area contributed by atoms with E-state index in [1.54, 1.807) is 17.0 Å². The molecule has 0 saturated carbocycles. The molecule has 1 heterocycles. The number of nitrogens with zero attached hydrogens (tertiary/aromatic N) is 4. The summed E-state index contributed by atoms with van der Waals surface area (Å²) in [6.45, 7) is 7.35. The van der Waals surface area contributed by atoms with E-state index >= 15 is 0 Å². The highest BCUT2D eigenvalue weighted by molar-refractivity contribution is 7.99. The Morgan fingerprint density at radius 2 is 1.72 bits per heavy atom. The monoisotopic (exact) mass is 448 g/mol. The number of hydrogen-bond donors (Lipinski definition) is 0. The molecule has 0 aliphatic heterocycles. The lowest BCUT2D eigenvalue weighted by atomic mass is 10.1. The fourth-order valence-electron chi connectivity index (χ4n) is 2.90. The Balaban J connectivity index is 2.01. The highest BCUT2D eigenvalue weighted by Gasteiger charge is 2.19. The van der Waals surface area contributed by atoms with Crippen molar-refractivity contribution in [1.29, 1.82) is 0 Å². The maximum absolute atomic E-state index is 12.4. The molecule has 0 spiro atoms. The number of amides is 1. The van der Waals surface area contributed by atoms with Crippen molar-refractivity contribution in [3.63, 3.8) is 0 Å². The number of hydrogen-bond acceptors (Lipinski definition) is 4. The lowest BCUT2D eigenvalue weighted by molar-refractivity contribution is -0.127. The highest BCUT2D eigenvalue weighted by atomic mass is 35.5. The Morgan fingerprint density at radius 3 is 2.34 bits per heavy atom. The first-order chi connectivity index (χ1) is 13.9. The predicted octanol–water partition coefficient (Wildman–Crippen LogP) is 5.51. The van der Waals surface area contributed by atoms with Crippen molar-refractivity contribution in [3.05, 3.63) is 58.1 Å². The summed E-state index contributed by atoms with van der Waals surface area (Å²) in [4.78, 5) is 14.2. The Bertz CT molecular complexity index is 1000. The molecule has 3 rings (SSSR count). The summed E-state index contributed by atoms with van der Waals surface area (Å²) in [5.74, 6) is 1.04. The molecule has 0 saturated heterocycles. The zero-order chi connectivity index (χ0) is 21.0. The van der Waals surface area contributed by atoms with Crippen molar-refractivity contribution in [2.45, 2.75) is 25.9 Å². The van der Waals surface area contributed by atoms with Crippen LogP contribution in [0, 0.1) is 6.92 Å². The molecule has 1 aromatic heterocycles. The van der Waals surface area contributed by atoms with E-state index in [0.29, 0.717) is 34.1 Å². The molecule has 5 nitrogen and oxygen atoms in total. The summed E-state index contributed by atoms with van der Waals surface area (Å²) >= 11 is 13.7. The zero-order valence-corrected chi connectivity index (χ0v) is 18.9. The number of benzene rings is 2. The zero-order valence-electron chi connectivity index (χ0n) is 16.5. The first-order valence-corrected chi connectivity index (χ1v) is 11.1. The normalized spacial score (nSPS) is 10.9. The molecule has 0 aliphatic carbocycles. The van der Waals surface area contributed by atoms with E-state index < -0.39 is 0 Å². The molecular formula is C21H22Cl2N4OS. The van der Waals surface area contributed by atoms with Gasteiger partial charge in [-0.3, -0.25) is 9.36 Å². The number of aromatic nitrogens is 3. The maximum Gasteiger partial charge on any atom is 0.233 e. The van der Waals surface area contributed by atoms with E-state index in [-0.39, 0.29) is 11.7 Å². The molecule has 8 heteroatoms. The average molecular weight is 449 g/mol. The molecule has 2 aromatic carbocycles. The third-order valence-corrected chi connectivity index (χ3v) is 6.20. The van der Waals surface area contributed by atoms with Gasteiger partial charge in [-0.15, -0.1) is 10.2 Å². The fraction of sp³-hybridized carbons (Fsp3) is 0.286. The minimum Gasteiger partial charge on any atom is -0.343 e. The number of carbonyl (C=O) groups is 1. The fourth-order valence-corrected chi connectivity index (χ4v) is 4.05. The molecule has 0 unspecified atom stereocenters. The number of rotatable bonds is 7. The van der Waals surface area contributed by atoms with E-state index in [9.17, 15) is 4.79 Å². The minimum absolute atomic E-state index is 0.0700. The van der Waals surface area contributed by atoms with Crippen LogP contribution in [0.25, 0.3) is 17.1 Å². The Kier molecular flexibility index (Phi) is 7.22. The lowest BCUT2D eigenvalue weighted by Gasteiger charge is -2.18. The standard InChI is InChI=1S/C21H22Cl2N4OS/c1-4-26(5-2)19(28)13-29-21-25-24-20(15-8-6-14(3)7-9-15)27(21)16-10-11-17(22)18(23)12-16/h6-12H,4-5,13H2,1-3H3. The van der Waals surface area contributed by atoms with Gasteiger partial charge in [0.15, 0.2) is 11.0 Å². The number of aryl methyl sites for hydroxylation is 1. The van der Waals surface area contributed by atoms with Crippen LogP contribution in [-0.4, -0.2) is 44.4 Å². The van der Waals surface area contributed by atoms with Crippen molar-refractivity contribution in [2.75, 3.05) is 18.8 Å². The molecule has 3 aromatic rings. The summed E-state index contributed by atoms with van der Waals surface area (Å²) < 4.78 is 1.91. The van der Waals surface area contributed by atoms with E-state index in [2.05, 4.69) is 10.2 Å². The summed E-state index contributed by atoms with van der Waals surface area (Å²) in [6, 6.07) is 13.5. The van der Waals surface area contributed by atoms with Crippen molar-refractivity contribution < 1.29 is 4.79 Å². The summed E-state index contributed by atoms with van der Waals surface area (Å²) in [5, 5.41) is 10.3. The van der Waals surface area contributed by atoms with Gasteiger partial charge in [0.25, 0.3) is 0 Å². The third-order valence-electron chi connectivity index (χ3n) is 4.55. The quantitative estimate of drug-likeness (QED) is 0.447. The van der Waals surface area contributed by atoms with Gasteiger partial charge in [0, 0.05) is 18.7 Å². The van der Waals surface area contributed by atoms with Crippen molar-refractivity contribution >= 4 is 40.9 Å². The molecular weight excluding hydrogens is 427 g/mol. The van der Waals surface area contributed by atoms with E-state index in [4.69, 9.17) is 23.2 Å². The van der Waals surface area contributed by atoms with Crippen LogP contribution in [-0.2, 0) is 4.79 Å². The Labute approximate surface area is 185 Å². The van der Waals surface area contributed by atoms with Crippen LogP contribution >= 0.6 is 35.0 Å². The Hall–Kier alpha value is -2.02. The van der Waals surface area contributed by atoms with Gasteiger partial charge in [-0.25, -0.2) is 0 Å². The van der Waals surface area contributed by atoms with Gasteiger partial charge in [0.1, 0.15) is 0 Å². The van der Waals surface area contributed by atoms with Crippen LogP contribution in [0.15, 0.2) is 47.6 Å². The average Bonchev–Trinajstić information content (AvgIpc) is 3.14. The van der Waals surface area contributed by atoms with Gasteiger partial charge in [-0.05, 0) is 39.0 Å². The highest BCUT2D eigenvalue weighted by Crippen LogP contribution is 2.31. The van der Waals surface area contributed by atoms with Gasteiger partial charge in [0.05, 0.1) is 21.5 Å². The van der Waals surface area contributed by atoms with Crippen LogP contribution in [0.5, 0.6) is 0 Å². The molecule has 0 atom stereocenters. The molecule has 0 bridgehead atoms. The summed E-state index contributed by atoms with van der Waals surface area (Å²) in [7, 11) is 0. The summed E-state index contributed by atoms with van der Waals surface area (Å²) in [5.41, 5.74) is 2.88. The van der Waals surface area contributed by atoms with Crippen LogP contribution in [0.4, 0.5) is 0 Å². The molecule has 1 amide bonds. The smallest absolute Gasteiger partial charge is 0.233 e. The molecule has 0 fully saturated rings. The SMILES string of the molecule is CCN(CC)C(=O)CSc1nnc(-c2ccc(C)cc2)n1-c1ccc(Cl)c(Cl)c1. The van der Waals surface area contributed by atoms with Crippen molar-refractivity contribution in [3.8, 4) is 17.1 Å². The Morgan fingerprint density at radius 1 is 1.03 bits per heavy atom. The predicted molar refractivity (Wildman–Crippen MR) is 120 cm³/mol. The van der Waals surface area contributed by atoms with E-state index in [1.165, 1.54) is 11.8 Å². The van der Waals surface area contributed by atoms with Gasteiger partial charge in [0.2, 0.25) is 5.91 Å². The lowest BCUT2D eigenvalue weighted by Crippen LogP contribution is -2.31. The van der Waals surface area contributed by atoms with Crippen LogP contribution < -0.4 is 0 Å². The third kappa shape index (κ3) is 4.94. The summed E-state index contributed by atoms with van der Waals surface area (Å²) in [6.07, 6.45) is 0. The van der Waals surface area contributed by atoms with Gasteiger partial charge >= 0.3 is 0 Å².